The van der Waals surface area contributed by atoms with Gasteiger partial charge in [-0.3, -0.25) is 19.3 Å². The Morgan fingerprint density at radius 1 is 1.31 bits per heavy atom. The monoisotopic (exact) mass is 422 g/mol. The van der Waals surface area contributed by atoms with Gasteiger partial charge in [-0.25, -0.2) is 4.79 Å². The highest BCUT2D eigenvalue weighted by atomic mass is 35.5. The molecule has 3 amide bonds. The molecule has 2 aliphatic rings. The summed E-state index contributed by atoms with van der Waals surface area (Å²) in [7, 11) is 1.46. The minimum atomic E-state index is -0.939. The van der Waals surface area contributed by atoms with Gasteiger partial charge in [0.25, 0.3) is 5.91 Å². The highest BCUT2D eigenvalue weighted by molar-refractivity contribution is 6.32. The van der Waals surface area contributed by atoms with E-state index in [0.717, 1.165) is 24.2 Å². The molecular formula is C20H23ClN2O6. The smallest absolute Gasteiger partial charge is 0.326 e. The minimum Gasteiger partial charge on any atom is -0.495 e. The molecule has 0 unspecified atom stereocenters. The summed E-state index contributed by atoms with van der Waals surface area (Å²) < 4.78 is 10.0. The number of Topliss-reactive ketones (excluding diaryl/α,β-unsaturated/α-hetero) is 1. The molecule has 9 heteroatoms. The van der Waals surface area contributed by atoms with E-state index in [1.165, 1.54) is 25.3 Å². The molecule has 1 N–H and O–H groups in total. The van der Waals surface area contributed by atoms with Crippen molar-refractivity contribution in [2.75, 3.05) is 20.3 Å². The van der Waals surface area contributed by atoms with Gasteiger partial charge in [0.15, 0.2) is 12.4 Å². The first-order valence-electron chi connectivity index (χ1n) is 9.45. The molecule has 0 bridgehead atoms. The Morgan fingerprint density at radius 2 is 2.07 bits per heavy atom. The SMILES string of the molecule is COc1ccc(C(=O)COC(=O)CN2C(=O)N[C@@]3(CCCC[C@@H]3C)C2=O)cc1Cl. The van der Waals surface area contributed by atoms with Crippen molar-refractivity contribution in [3.8, 4) is 5.75 Å². The minimum absolute atomic E-state index is 0.00452. The first kappa shape index (κ1) is 21.1. The summed E-state index contributed by atoms with van der Waals surface area (Å²) in [5.41, 5.74) is -0.681. The number of ketones is 1. The fourth-order valence-electron chi connectivity index (χ4n) is 3.88. The molecule has 2 atom stereocenters. The van der Waals surface area contributed by atoms with Gasteiger partial charge in [-0.1, -0.05) is 31.4 Å². The summed E-state index contributed by atoms with van der Waals surface area (Å²) in [6, 6.07) is 3.86. The van der Waals surface area contributed by atoms with Crippen LogP contribution in [0.3, 0.4) is 0 Å². The van der Waals surface area contributed by atoms with E-state index < -0.39 is 42.4 Å². The van der Waals surface area contributed by atoms with Crippen molar-refractivity contribution in [1.82, 2.24) is 10.2 Å². The van der Waals surface area contributed by atoms with Gasteiger partial charge in [-0.15, -0.1) is 0 Å². The number of amides is 3. The zero-order valence-electron chi connectivity index (χ0n) is 16.3. The van der Waals surface area contributed by atoms with Crippen LogP contribution in [0.1, 0.15) is 43.0 Å². The maximum Gasteiger partial charge on any atom is 0.326 e. The van der Waals surface area contributed by atoms with Gasteiger partial charge in [0.05, 0.1) is 12.1 Å². The summed E-state index contributed by atoms with van der Waals surface area (Å²) in [5, 5.41) is 3.03. The number of ether oxygens (including phenoxy) is 2. The molecule has 1 aromatic carbocycles. The molecule has 1 spiro atoms. The number of benzene rings is 1. The van der Waals surface area contributed by atoms with Gasteiger partial charge >= 0.3 is 12.0 Å². The lowest BCUT2D eigenvalue weighted by Crippen LogP contribution is -2.54. The number of hydrogen-bond acceptors (Lipinski definition) is 6. The Labute approximate surface area is 173 Å². The molecule has 3 rings (SSSR count). The van der Waals surface area contributed by atoms with E-state index >= 15 is 0 Å². The third-order valence-electron chi connectivity index (χ3n) is 5.63. The Kier molecular flexibility index (Phi) is 6.12. The number of urea groups is 1. The van der Waals surface area contributed by atoms with E-state index in [1.807, 2.05) is 6.92 Å². The molecule has 1 heterocycles. The number of halogens is 1. The van der Waals surface area contributed by atoms with Crippen LogP contribution in [-0.2, 0) is 14.3 Å². The highest BCUT2D eigenvalue weighted by Gasteiger charge is 2.55. The first-order chi connectivity index (χ1) is 13.8. The molecule has 0 radical (unpaired) electrons. The van der Waals surface area contributed by atoms with Crippen molar-refractivity contribution in [1.29, 1.82) is 0 Å². The number of carbonyl (C=O) groups excluding carboxylic acids is 4. The molecule has 8 nitrogen and oxygen atoms in total. The van der Waals surface area contributed by atoms with Gasteiger partial charge in [-0.05, 0) is 37.0 Å². The predicted molar refractivity (Wildman–Crippen MR) is 104 cm³/mol. The fourth-order valence-corrected chi connectivity index (χ4v) is 4.14. The molecule has 1 aliphatic carbocycles. The standard InChI is InChI=1S/C20H23ClN2O6/c1-12-5-3-4-8-20(12)18(26)23(19(27)22-20)10-17(25)29-11-15(24)13-6-7-16(28-2)14(21)9-13/h6-7,9,12H,3-5,8,10-11H2,1-2H3,(H,22,27)/t12-,20+/m0/s1. The Bertz CT molecular complexity index is 857. The third kappa shape index (κ3) is 4.07. The normalized spacial score (nSPS) is 23.8. The van der Waals surface area contributed by atoms with Crippen molar-refractivity contribution < 1.29 is 28.7 Å². The van der Waals surface area contributed by atoms with Gasteiger partial charge in [0.1, 0.15) is 17.8 Å². The fraction of sp³-hybridized carbons (Fsp3) is 0.500. The largest absolute Gasteiger partial charge is 0.495 e. The maximum atomic E-state index is 12.8. The van der Waals surface area contributed by atoms with Crippen molar-refractivity contribution in [2.24, 2.45) is 5.92 Å². The Balaban J connectivity index is 1.58. The van der Waals surface area contributed by atoms with Gasteiger partial charge in [0.2, 0.25) is 0 Å². The van der Waals surface area contributed by atoms with Crippen LogP contribution in [0.4, 0.5) is 4.79 Å². The van der Waals surface area contributed by atoms with E-state index in [-0.39, 0.29) is 16.5 Å². The Hall–Kier alpha value is -2.61. The first-order valence-corrected chi connectivity index (χ1v) is 9.83. The summed E-state index contributed by atoms with van der Waals surface area (Å²) in [4.78, 5) is 50.4. The highest BCUT2D eigenvalue weighted by Crippen LogP contribution is 2.38. The molecule has 1 saturated heterocycles. The lowest BCUT2D eigenvalue weighted by atomic mass is 9.73. The van der Waals surface area contributed by atoms with E-state index in [2.05, 4.69) is 5.32 Å². The maximum absolute atomic E-state index is 12.8. The zero-order valence-corrected chi connectivity index (χ0v) is 17.1. The zero-order chi connectivity index (χ0) is 21.2. The number of rotatable bonds is 6. The van der Waals surface area contributed by atoms with Crippen LogP contribution < -0.4 is 10.1 Å². The van der Waals surface area contributed by atoms with E-state index in [9.17, 15) is 19.2 Å². The van der Waals surface area contributed by atoms with Crippen LogP contribution in [0.2, 0.25) is 5.02 Å². The topological polar surface area (TPSA) is 102 Å². The van der Waals surface area contributed by atoms with Crippen LogP contribution in [-0.4, -0.2) is 54.4 Å². The predicted octanol–water partition coefficient (Wildman–Crippen LogP) is 2.58. The van der Waals surface area contributed by atoms with Crippen LogP contribution in [0.5, 0.6) is 5.75 Å². The molecule has 2 fully saturated rings. The Morgan fingerprint density at radius 3 is 2.72 bits per heavy atom. The molecule has 29 heavy (non-hydrogen) atoms. The number of hydrogen-bond donors (Lipinski definition) is 1. The molecule has 1 aromatic rings. The molecular weight excluding hydrogens is 400 g/mol. The van der Waals surface area contributed by atoms with Crippen molar-refractivity contribution in [3.63, 3.8) is 0 Å². The van der Waals surface area contributed by atoms with Gasteiger partial charge in [-0.2, -0.15) is 0 Å². The van der Waals surface area contributed by atoms with E-state index in [1.54, 1.807) is 0 Å². The number of nitrogens with one attached hydrogen (secondary N) is 1. The van der Waals surface area contributed by atoms with E-state index in [4.69, 9.17) is 21.1 Å². The average Bonchev–Trinajstić information content (AvgIpc) is 2.93. The van der Waals surface area contributed by atoms with Crippen molar-refractivity contribution in [3.05, 3.63) is 28.8 Å². The quantitative estimate of drug-likeness (QED) is 0.429. The molecule has 1 aliphatic heterocycles. The van der Waals surface area contributed by atoms with Crippen LogP contribution in [0, 0.1) is 5.92 Å². The second-order valence-electron chi connectivity index (χ2n) is 7.37. The summed E-state index contributed by atoms with van der Waals surface area (Å²) in [6.07, 6.45) is 3.24. The second-order valence-corrected chi connectivity index (χ2v) is 7.78. The summed E-state index contributed by atoms with van der Waals surface area (Å²) in [5.74, 6) is -1.28. The van der Waals surface area contributed by atoms with E-state index in [0.29, 0.717) is 12.2 Å². The molecule has 0 aromatic heterocycles. The number of carbonyl (C=O) groups is 4. The number of imide groups is 1. The lowest BCUT2D eigenvalue weighted by Gasteiger charge is -2.36. The van der Waals surface area contributed by atoms with Crippen molar-refractivity contribution >= 4 is 35.3 Å². The number of nitrogens with zero attached hydrogens (tertiary/aromatic N) is 1. The van der Waals surface area contributed by atoms with Gasteiger partial charge in [0, 0.05) is 5.56 Å². The third-order valence-corrected chi connectivity index (χ3v) is 5.92. The van der Waals surface area contributed by atoms with Crippen LogP contribution >= 0.6 is 11.6 Å². The molecule has 156 valence electrons. The average molecular weight is 423 g/mol. The second kappa shape index (κ2) is 8.41. The molecule has 1 saturated carbocycles. The number of methoxy groups -OCH3 is 1. The van der Waals surface area contributed by atoms with Gasteiger partial charge < -0.3 is 14.8 Å². The van der Waals surface area contributed by atoms with Crippen LogP contribution in [0.25, 0.3) is 0 Å². The van der Waals surface area contributed by atoms with Crippen LogP contribution in [0.15, 0.2) is 18.2 Å². The summed E-state index contributed by atoms with van der Waals surface area (Å²) in [6.45, 7) is 0.875. The van der Waals surface area contributed by atoms with Crippen molar-refractivity contribution in [2.45, 2.75) is 38.1 Å². The number of esters is 1. The summed E-state index contributed by atoms with van der Waals surface area (Å²) >= 11 is 5.99. The lowest BCUT2D eigenvalue weighted by molar-refractivity contribution is -0.147.